The van der Waals surface area contributed by atoms with E-state index in [9.17, 15) is 9.59 Å². The molecule has 0 radical (unpaired) electrons. The van der Waals surface area contributed by atoms with E-state index in [-0.39, 0.29) is 36.2 Å². The van der Waals surface area contributed by atoms with Crippen LogP contribution in [0.3, 0.4) is 0 Å². The van der Waals surface area contributed by atoms with Crippen molar-refractivity contribution in [2.24, 2.45) is 11.7 Å². The lowest BCUT2D eigenvalue weighted by Crippen LogP contribution is -2.45. The van der Waals surface area contributed by atoms with Gasteiger partial charge in [0.15, 0.2) is 0 Å². The van der Waals surface area contributed by atoms with Gasteiger partial charge in [0, 0.05) is 37.8 Å². The van der Waals surface area contributed by atoms with Crippen LogP contribution in [-0.2, 0) is 16.0 Å². The maximum atomic E-state index is 12.7. The Bertz CT molecular complexity index is 612. The summed E-state index contributed by atoms with van der Waals surface area (Å²) in [5.74, 6) is -0.0581. The first-order valence-electron chi connectivity index (χ1n) is 9.52. The number of unbranched alkanes of at least 4 members (excludes halogenated alkanes) is 1. The molecule has 2 aliphatic heterocycles. The second-order valence-corrected chi connectivity index (χ2v) is 7.34. The fourth-order valence-electron chi connectivity index (χ4n) is 3.72. The lowest BCUT2D eigenvalue weighted by Gasteiger charge is -2.31. The number of hydrogen-bond acceptors (Lipinski definition) is 3. The smallest absolute Gasteiger partial charge is 0.228 e. The maximum Gasteiger partial charge on any atom is 0.228 e. The number of aryl methyl sites for hydroxylation is 1. The monoisotopic (exact) mass is 379 g/mol. The van der Waals surface area contributed by atoms with Gasteiger partial charge in [0.1, 0.15) is 0 Å². The molecule has 2 N–H and O–H groups in total. The Labute approximate surface area is 162 Å². The molecule has 0 spiro atoms. The maximum absolute atomic E-state index is 12.7. The second-order valence-electron chi connectivity index (χ2n) is 7.34. The average Bonchev–Trinajstić information content (AvgIpc) is 3.02. The largest absolute Gasteiger partial charge is 0.342 e. The summed E-state index contributed by atoms with van der Waals surface area (Å²) >= 11 is 0. The fraction of sp³-hybridized carbons (Fsp3) is 0.600. The number of amides is 2. The Kier molecular flexibility index (Phi) is 7.47. The minimum Gasteiger partial charge on any atom is -0.342 e. The summed E-state index contributed by atoms with van der Waals surface area (Å²) in [5, 5.41) is 0. The van der Waals surface area contributed by atoms with E-state index < -0.39 is 0 Å². The zero-order valence-electron chi connectivity index (χ0n) is 15.5. The number of carbonyl (C=O) groups excluding carboxylic acids is 2. The molecular weight excluding hydrogens is 350 g/mol. The van der Waals surface area contributed by atoms with Crippen LogP contribution in [0.2, 0.25) is 0 Å². The Morgan fingerprint density at radius 1 is 1.19 bits per heavy atom. The van der Waals surface area contributed by atoms with Gasteiger partial charge < -0.3 is 15.5 Å². The number of carbonyl (C=O) groups is 2. The molecule has 0 saturated carbocycles. The van der Waals surface area contributed by atoms with Crippen molar-refractivity contribution in [3.05, 3.63) is 29.8 Å². The van der Waals surface area contributed by atoms with Crippen molar-refractivity contribution in [3.8, 4) is 0 Å². The first-order chi connectivity index (χ1) is 12.1. The molecule has 1 aromatic rings. The number of nitrogens with two attached hydrogens (primary N) is 1. The van der Waals surface area contributed by atoms with Crippen LogP contribution in [0, 0.1) is 5.92 Å². The summed E-state index contributed by atoms with van der Waals surface area (Å²) in [5.41, 5.74) is 8.12. The van der Waals surface area contributed by atoms with E-state index in [2.05, 4.69) is 19.1 Å². The van der Waals surface area contributed by atoms with E-state index >= 15 is 0 Å². The van der Waals surface area contributed by atoms with Crippen LogP contribution in [0.4, 0.5) is 5.69 Å². The van der Waals surface area contributed by atoms with E-state index in [4.69, 9.17) is 5.73 Å². The van der Waals surface area contributed by atoms with Crippen LogP contribution >= 0.6 is 12.4 Å². The number of hydrogen-bond donors (Lipinski definition) is 1. The molecular formula is C20H30ClN3O2. The summed E-state index contributed by atoms with van der Waals surface area (Å²) in [6.07, 6.45) is 5.46. The molecule has 2 heterocycles. The molecule has 2 saturated heterocycles. The number of piperidine rings is 1. The van der Waals surface area contributed by atoms with Crippen LogP contribution < -0.4 is 10.6 Å². The summed E-state index contributed by atoms with van der Waals surface area (Å²) in [4.78, 5) is 28.8. The SMILES string of the molecule is CCCCc1ccc(N2CC(C(=O)N3CCC(N)CC3)CC2=O)cc1.Cl. The quantitative estimate of drug-likeness (QED) is 0.855. The highest BCUT2D eigenvalue weighted by Gasteiger charge is 2.37. The Morgan fingerprint density at radius 3 is 2.46 bits per heavy atom. The number of nitrogens with zero attached hydrogens (tertiary/aromatic N) is 2. The minimum absolute atomic E-state index is 0. The number of halogens is 1. The van der Waals surface area contributed by atoms with Crippen LogP contribution in [0.15, 0.2) is 24.3 Å². The third-order valence-corrected chi connectivity index (χ3v) is 5.39. The molecule has 5 nitrogen and oxygen atoms in total. The van der Waals surface area contributed by atoms with Crippen LogP contribution in [0.25, 0.3) is 0 Å². The van der Waals surface area contributed by atoms with Gasteiger partial charge in [-0.2, -0.15) is 0 Å². The van der Waals surface area contributed by atoms with Crippen molar-refractivity contribution in [1.29, 1.82) is 0 Å². The highest BCUT2D eigenvalue weighted by atomic mass is 35.5. The van der Waals surface area contributed by atoms with Crippen molar-refractivity contribution in [3.63, 3.8) is 0 Å². The predicted octanol–water partition coefficient (Wildman–Crippen LogP) is 2.75. The third kappa shape index (κ3) is 4.77. The molecule has 0 aliphatic carbocycles. The summed E-state index contributed by atoms with van der Waals surface area (Å²) < 4.78 is 0. The van der Waals surface area contributed by atoms with Gasteiger partial charge in [-0.25, -0.2) is 0 Å². The van der Waals surface area contributed by atoms with Crippen molar-refractivity contribution in [1.82, 2.24) is 4.90 Å². The molecule has 144 valence electrons. The number of benzene rings is 1. The highest BCUT2D eigenvalue weighted by molar-refractivity contribution is 6.00. The Hall–Kier alpha value is -1.59. The molecule has 2 amide bonds. The average molecular weight is 380 g/mol. The topological polar surface area (TPSA) is 66.6 Å². The molecule has 1 aromatic carbocycles. The molecule has 2 aliphatic rings. The van der Waals surface area contributed by atoms with Crippen molar-refractivity contribution >= 4 is 29.9 Å². The molecule has 0 aromatic heterocycles. The second kappa shape index (κ2) is 9.38. The van der Waals surface area contributed by atoms with Crippen molar-refractivity contribution < 1.29 is 9.59 Å². The number of anilines is 1. The lowest BCUT2D eigenvalue weighted by atomic mass is 10.0. The summed E-state index contributed by atoms with van der Waals surface area (Å²) in [6, 6.07) is 8.42. The first-order valence-corrected chi connectivity index (χ1v) is 9.52. The van der Waals surface area contributed by atoms with Gasteiger partial charge in [0.25, 0.3) is 0 Å². The molecule has 0 bridgehead atoms. The standard InChI is InChI=1S/C20H29N3O2.ClH/c1-2-3-4-15-5-7-18(8-6-15)23-14-16(13-19(23)24)20(25)22-11-9-17(21)10-12-22;/h5-8,16-17H,2-4,9-14,21H2,1H3;1H. The zero-order chi connectivity index (χ0) is 17.8. The van der Waals surface area contributed by atoms with E-state index in [0.717, 1.165) is 38.0 Å². The molecule has 26 heavy (non-hydrogen) atoms. The summed E-state index contributed by atoms with van der Waals surface area (Å²) in [6.45, 7) is 4.12. The summed E-state index contributed by atoms with van der Waals surface area (Å²) in [7, 11) is 0. The van der Waals surface area contributed by atoms with Crippen molar-refractivity contribution in [2.45, 2.75) is 51.5 Å². The molecule has 6 heteroatoms. The van der Waals surface area contributed by atoms with E-state index in [0.29, 0.717) is 13.0 Å². The van der Waals surface area contributed by atoms with E-state index in [1.165, 1.54) is 18.4 Å². The van der Waals surface area contributed by atoms with Crippen molar-refractivity contribution in [2.75, 3.05) is 24.5 Å². The van der Waals surface area contributed by atoms with Gasteiger partial charge in [-0.3, -0.25) is 9.59 Å². The van der Waals surface area contributed by atoms with Crippen LogP contribution in [-0.4, -0.2) is 42.4 Å². The number of likely N-dealkylation sites (tertiary alicyclic amines) is 1. The van der Waals surface area contributed by atoms with E-state index in [1.807, 2.05) is 17.0 Å². The number of rotatable bonds is 5. The predicted molar refractivity (Wildman–Crippen MR) is 107 cm³/mol. The van der Waals surface area contributed by atoms with Gasteiger partial charge in [-0.1, -0.05) is 25.5 Å². The van der Waals surface area contributed by atoms with Crippen LogP contribution in [0.1, 0.15) is 44.6 Å². The Balaban J connectivity index is 0.00000243. The molecule has 2 fully saturated rings. The Morgan fingerprint density at radius 2 is 1.85 bits per heavy atom. The van der Waals surface area contributed by atoms with Gasteiger partial charge in [0.05, 0.1) is 5.92 Å². The third-order valence-electron chi connectivity index (χ3n) is 5.39. The van der Waals surface area contributed by atoms with Crippen LogP contribution in [0.5, 0.6) is 0 Å². The molecule has 3 rings (SSSR count). The zero-order valence-corrected chi connectivity index (χ0v) is 16.3. The molecule has 1 unspecified atom stereocenters. The van der Waals surface area contributed by atoms with Gasteiger partial charge in [-0.15, -0.1) is 12.4 Å². The fourth-order valence-corrected chi connectivity index (χ4v) is 3.72. The minimum atomic E-state index is -0.221. The van der Waals surface area contributed by atoms with Gasteiger partial charge in [-0.05, 0) is 43.4 Å². The van der Waals surface area contributed by atoms with Gasteiger partial charge >= 0.3 is 0 Å². The normalized spacial score (nSPS) is 21.0. The lowest BCUT2D eigenvalue weighted by molar-refractivity contribution is -0.136. The van der Waals surface area contributed by atoms with Gasteiger partial charge in [0.2, 0.25) is 11.8 Å². The molecule has 1 atom stereocenters. The van der Waals surface area contributed by atoms with E-state index in [1.54, 1.807) is 4.90 Å². The first kappa shape index (κ1) is 20.7. The highest BCUT2D eigenvalue weighted by Crippen LogP contribution is 2.27.